The van der Waals surface area contributed by atoms with Crippen LogP contribution in [-0.2, 0) is 6.54 Å². The molecule has 104 valence electrons. The van der Waals surface area contributed by atoms with E-state index in [0.717, 1.165) is 29.2 Å². The van der Waals surface area contributed by atoms with Crippen molar-refractivity contribution < 1.29 is 0 Å². The van der Waals surface area contributed by atoms with E-state index in [4.69, 9.17) is 17.3 Å². The van der Waals surface area contributed by atoms with Gasteiger partial charge in [0.05, 0.1) is 33.5 Å². The van der Waals surface area contributed by atoms with E-state index in [2.05, 4.69) is 35.5 Å². The molecule has 2 aromatic rings. The van der Waals surface area contributed by atoms with Gasteiger partial charge in [-0.05, 0) is 23.9 Å². The summed E-state index contributed by atoms with van der Waals surface area (Å²) in [6, 6.07) is -0.320. The van der Waals surface area contributed by atoms with Crippen molar-refractivity contribution in [1.29, 1.82) is 0 Å². The Morgan fingerprint density at radius 3 is 2.84 bits per heavy atom. The number of hydrogen-bond donors (Lipinski definition) is 1. The van der Waals surface area contributed by atoms with Crippen LogP contribution >= 0.6 is 23.1 Å². The highest BCUT2D eigenvalue weighted by molar-refractivity contribution is 7.05. The van der Waals surface area contributed by atoms with Crippen LogP contribution < -0.4 is 5.73 Å². The topological polar surface area (TPSA) is 69.6 Å². The van der Waals surface area contributed by atoms with Gasteiger partial charge in [0.25, 0.3) is 0 Å². The van der Waals surface area contributed by atoms with Gasteiger partial charge in [0.2, 0.25) is 0 Å². The Labute approximate surface area is 121 Å². The highest BCUT2D eigenvalue weighted by Gasteiger charge is 2.24. The van der Waals surface area contributed by atoms with Gasteiger partial charge in [0.1, 0.15) is 0 Å². The molecule has 0 aliphatic rings. The largest absolute Gasteiger partial charge is 0.318 e. The molecule has 0 aliphatic heterocycles. The molecule has 0 fully saturated rings. The molecule has 0 bridgehead atoms. The molecule has 19 heavy (non-hydrogen) atoms. The predicted molar refractivity (Wildman–Crippen MR) is 77.6 cm³/mol. The lowest BCUT2D eigenvalue weighted by molar-refractivity contribution is 0.559. The Balaban J connectivity index is 2.41. The molecule has 1 atom stereocenters. The molecule has 2 N–H and O–H groups in total. The van der Waals surface area contributed by atoms with E-state index in [-0.39, 0.29) is 6.04 Å². The van der Waals surface area contributed by atoms with Crippen LogP contribution in [0.1, 0.15) is 55.4 Å². The second kappa shape index (κ2) is 5.98. The summed E-state index contributed by atoms with van der Waals surface area (Å²) in [5, 5.41) is 9.05. The summed E-state index contributed by atoms with van der Waals surface area (Å²) in [6.07, 6.45) is 2.63. The van der Waals surface area contributed by atoms with Crippen LogP contribution in [0.3, 0.4) is 0 Å². The summed E-state index contributed by atoms with van der Waals surface area (Å²) < 4.78 is 5.89. The first-order chi connectivity index (χ1) is 9.06. The number of aromatic nitrogens is 4. The third kappa shape index (κ3) is 2.80. The van der Waals surface area contributed by atoms with Crippen molar-refractivity contribution in [2.24, 2.45) is 5.73 Å². The lowest BCUT2D eigenvalue weighted by Gasteiger charge is -2.15. The van der Waals surface area contributed by atoms with Crippen molar-refractivity contribution in [3.05, 3.63) is 27.5 Å². The summed E-state index contributed by atoms with van der Waals surface area (Å²) in [5.41, 5.74) is 8.15. The number of aryl methyl sites for hydroxylation is 1. The summed E-state index contributed by atoms with van der Waals surface area (Å²) in [6.45, 7) is 7.06. The van der Waals surface area contributed by atoms with E-state index in [1.54, 1.807) is 6.20 Å². The van der Waals surface area contributed by atoms with Crippen LogP contribution in [0.15, 0.2) is 6.20 Å². The van der Waals surface area contributed by atoms with Gasteiger partial charge in [-0.15, -0.1) is 5.10 Å². The van der Waals surface area contributed by atoms with Gasteiger partial charge in [0.15, 0.2) is 0 Å². The van der Waals surface area contributed by atoms with E-state index in [1.165, 1.54) is 11.5 Å². The highest BCUT2D eigenvalue weighted by Crippen LogP contribution is 2.32. The average molecular weight is 300 g/mol. The molecular weight excluding hydrogens is 282 g/mol. The fraction of sp³-hybridized carbons (Fsp3) is 0.583. The average Bonchev–Trinajstić information content (AvgIpc) is 2.96. The minimum absolute atomic E-state index is 0.293. The van der Waals surface area contributed by atoms with Crippen LogP contribution in [-0.4, -0.2) is 19.4 Å². The Hall–Kier alpha value is -0.980. The van der Waals surface area contributed by atoms with Crippen molar-refractivity contribution >= 4 is 23.1 Å². The quantitative estimate of drug-likeness (QED) is 0.921. The van der Waals surface area contributed by atoms with Gasteiger partial charge in [-0.3, -0.25) is 4.68 Å². The standard InChI is InChI=1S/C12H18ClN5S/c1-4-5-18-11(8(13)6-15-18)9(14)12-10(7(2)3)16-17-19-12/h6-7,9H,4-5,14H2,1-3H3. The molecule has 1 unspecified atom stereocenters. The summed E-state index contributed by atoms with van der Waals surface area (Å²) in [7, 11) is 0. The molecule has 0 aromatic carbocycles. The van der Waals surface area contributed by atoms with Crippen LogP contribution in [0, 0.1) is 0 Å². The summed E-state index contributed by atoms with van der Waals surface area (Å²) in [5.74, 6) is 0.293. The Bertz CT molecular complexity index is 548. The van der Waals surface area contributed by atoms with Crippen LogP contribution in [0.5, 0.6) is 0 Å². The molecule has 0 saturated carbocycles. The van der Waals surface area contributed by atoms with E-state index in [1.807, 2.05) is 4.68 Å². The van der Waals surface area contributed by atoms with Crippen LogP contribution in [0.2, 0.25) is 5.02 Å². The minimum atomic E-state index is -0.320. The maximum absolute atomic E-state index is 6.36. The lowest BCUT2D eigenvalue weighted by atomic mass is 10.0. The van der Waals surface area contributed by atoms with Gasteiger partial charge in [-0.1, -0.05) is 36.9 Å². The summed E-state index contributed by atoms with van der Waals surface area (Å²) >= 11 is 7.56. The normalized spacial score (nSPS) is 13.2. The maximum atomic E-state index is 6.36. The second-order valence-electron chi connectivity index (χ2n) is 4.76. The third-order valence-electron chi connectivity index (χ3n) is 2.93. The summed E-state index contributed by atoms with van der Waals surface area (Å²) in [4.78, 5) is 0.967. The fourth-order valence-corrected chi connectivity index (χ4v) is 3.09. The van der Waals surface area contributed by atoms with Gasteiger partial charge in [-0.25, -0.2) is 0 Å². The minimum Gasteiger partial charge on any atom is -0.318 e. The van der Waals surface area contributed by atoms with Crippen molar-refractivity contribution in [2.75, 3.05) is 0 Å². The monoisotopic (exact) mass is 299 g/mol. The molecule has 2 aromatic heterocycles. The van der Waals surface area contributed by atoms with Crippen molar-refractivity contribution in [2.45, 2.75) is 45.7 Å². The first kappa shape index (κ1) is 14.4. The Morgan fingerprint density at radius 2 is 2.21 bits per heavy atom. The van der Waals surface area contributed by atoms with E-state index < -0.39 is 0 Å². The van der Waals surface area contributed by atoms with Gasteiger partial charge in [0, 0.05) is 6.54 Å². The molecule has 7 heteroatoms. The Kier molecular flexibility index (Phi) is 4.54. The van der Waals surface area contributed by atoms with Gasteiger partial charge < -0.3 is 5.73 Å². The van der Waals surface area contributed by atoms with E-state index >= 15 is 0 Å². The van der Waals surface area contributed by atoms with Crippen molar-refractivity contribution in [3.8, 4) is 0 Å². The molecule has 0 radical (unpaired) electrons. The predicted octanol–water partition coefficient (Wildman–Crippen LogP) is 2.97. The smallest absolute Gasteiger partial charge is 0.0867 e. The van der Waals surface area contributed by atoms with Gasteiger partial charge in [-0.2, -0.15) is 5.10 Å². The molecule has 0 saturated heterocycles. The van der Waals surface area contributed by atoms with Crippen LogP contribution in [0.4, 0.5) is 0 Å². The number of hydrogen-bond acceptors (Lipinski definition) is 5. The van der Waals surface area contributed by atoms with Crippen molar-refractivity contribution in [3.63, 3.8) is 0 Å². The molecule has 0 amide bonds. The zero-order chi connectivity index (χ0) is 14.0. The molecule has 2 heterocycles. The lowest BCUT2D eigenvalue weighted by Crippen LogP contribution is -2.18. The number of nitrogens with two attached hydrogens (primary N) is 1. The van der Waals surface area contributed by atoms with Gasteiger partial charge >= 0.3 is 0 Å². The molecule has 0 spiro atoms. The number of rotatable bonds is 5. The zero-order valence-corrected chi connectivity index (χ0v) is 12.9. The molecule has 5 nitrogen and oxygen atoms in total. The third-order valence-corrected chi connectivity index (χ3v) is 4.05. The van der Waals surface area contributed by atoms with Crippen molar-refractivity contribution in [1.82, 2.24) is 19.4 Å². The number of nitrogens with zero attached hydrogens (tertiary/aromatic N) is 4. The molecule has 2 rings (SSSR count). The Morgan fingerprint density at radius 1 is 1.47 bits per heavy atom. The second-order valence-corrected chi connectivity index (χ2v) is 5.95. The number of halogens is 1. The highest BCUT2D eigenvalue weighted by atomic mass is 35.5. The first-order valence-corrected chi connectivity index (χ1v) is 7.50. The first-order valence-electron chi connectivity index (χ1n) is 6.35. The van der Waals surface area contributed by atoms with Crippen LogP contribution in [0.25, 0.3) is 0 Å². The fourth-order valence-electron chi connectivity index (χ4n) is 2.02. The SMILES string of the molecule is CCCn1ncc(Cl)c1C(N)c1snnc1C(C)C. The zero-order valence-electron chi connectivity index (χ0n) is 11.3. The maximum Gasteiger partial charge on any atom is 0.0867 e. The molecule has 0 aliphatic carbocycles. The van der Waals surface area contributed by atoms with E-state index in [9.17, 15) is 0 Å². The van der Waals surface area contributed by atoms with E-state index in [0.29, 0.717) is 10.9 Å². The molecular formula is C12H18ClN5S.